The molecule has 1 saturated heterocycles. The molecule has 1 aliphatic rings. The van der Waals surface area contributed by atoms with Gasteiger partial charge in [-0.2, -0.15) is 0 Å². The summed E-state index contributed by atoms with van der Waals surface area (Å²) >= 11 is 6.05. The van der Waals surface area contributed by atoms with Gasteiger partial charge in [0.1, 0.15) is 6.04 Å². The lowest BCUT2D eigenvalue weighted by molar-refractivity contribution is 0.0930. The van der Waals surface area contributed by atoms with E-state index in [9.17, 15) is 4.79 Å². The number of amides is 1. The van der Waals surface area contributed by atoms with Crippen molar-refractivity contribution in [3.8, 4) is 0 Å². The fourth-order valence-electron chi connectivity index (χ4n) is 3.68. The Kier molecular flexibility index (Phi) is 6.64. The van der Waals surface area contributed by atoms with Crippen LogP contribution in [0.15, 0.2) is 59.0 Å². The Morgan fingerprint density at radius 3 is 2.53 bits per heavy atom. The van der Waals surface area contributed by atoms with Gasteiger partial charge in [-0.15, -0.1) is 5.10 Å². The third-order valence-corrected chi connectivity index (χ3v) is 5.51. The summed E-state index contributed by atoms with van der Waals surface area (Å²) in [6, 6.07) is 16.9. The molecule has 4 rings (SSSR count). The lowest BCUT2D eigenvalue weighted by atomic mass is 10.1. The van der Waals surface area contributed by atoms with E-state index in [0.717, 1.165) is 31.5 Å². The topological polar surface area (TPSA) is 71.3 Å². The minimum absolute atomic E-state index is 0.229. The second-order valence-electron chi connectivity index (χ2n) is 7.55. The Balaban J connectivity index is 1.56. The van der Waals surface area contributed by atoms with Crippen molar-refractivity contribution >= 4 is 23.5 Å². The second kappa shape index (κ2) is 9.76. The number of carbonyl (C=O) groups excluding carboxylic acids is 1. The average molecular weight is 425 g/mol. The lowest BCUT2D eigenvalue weighted by Gasteiger charge is -2.18. The monoisotopic (exact) mass is 424 g/mol. The van der Waals surface area contributed by atoms with Gasteiger partial charge in [-0.1, -0.05) is 65.9 Å². The van der Waals surface area contributed by atoms with Crippen LogP contribution in [0.4, 0.5) is 6.01 Å². The number of anilines is 1. The number of aromatic nitrogens is 2. The Morgan fingerprint density at radius 2 is 1.80 bits per heavy atom. The maximum absolute atomic E-state index is 12.9. The molecule has 1 unspecified atom stereocenters. The molecular formula is C23H25ClN4O2. The smallest absolute Gasteiger partial charge is 0.318 e. The molecule has 1 aromatic heterocycles. The van der Waals surface area contributed by atoms with Crippen molar-refractivity contribution in [3.05, 3.63) is 76.6 Å². The van der Waals surface area contributed by atoms with Crippen LogP contribution in [-0.2, 0) is 6.42 Å². The second-order valence-corrected chi connectivity index (χ2v) is 7.99. The summed E-state index contributed by atoms with van der Waals surface area (Å²) in [5.41, 5.74) is 1.57. The highest BCUT2D eigenvalue weighted by Gasteiger charge is 2.24. The SMILES string of the molecule is O=C(NC(Cc1ccccc1)c1nnc(N2CCCCCC2)o1)c1cccc(Cl)c1. The van der Waals surface area contributed by atoms with Crippen LogP contribution >= 0.6 is 11.6 Å². The van der Waals surface area contributed by atoms with E-state index < -0.39 is 6.04 Å². The van der Waals surface area contributed by atoms with Gasteiger partial charge in [-0.3, -0.25) is 4.79 Å². The molecule has 0 radical (unpaired) electrons. The van der Waals surface area contributed by atoms with Crippen molar-refractivity contribution < 1.29 is 9.21 Å². The van der Waals surface area contributed by atoms with E-state index in [4.69, 9.17) is 16.0 Å². The zero-order valence-electron chi connectivity index (χ0n) is 16.8. The number of carbonyl (C=O) groups is 1. The first-order valence-electron chi connectivity index (χ1n) is 10.4. The summed E-state index contributed by atoms with van der Waals surface area (Å²) in [4.78, 5) is 15.0. The minimum Gasteiger partial charge on any atom is -0.406 e. The van der Waals surface area contributed by atoms with E-state index >= 15 is 0 Å². The van der Waals surface area contributed by atoms with Crippen molar-refractivity contribution in [1.29, 1.82) is 0 Å². The van der Waals surface area contributed by atoms with Gasteiger partial charge in [0.2, 0.25) is 5.89 Å². The van der Waals surface area contributed by atoms with Crippen molar-refractivity contribution in [2.45, 2.75) is 38.1 Å². The van der Waals surface area contributed by atoms with Gasteiger partial charge in [0.15, 0.2) is 0 Å². The van der Waals surface area contributed by atoms with Crippen LogP contribution in [0.2, 0.25) is 5.02 Å². The molecule has 30 heavy (non-hydrogen) atoms. The molecule has 6 nitrogen and oxygen atoms in total. The molecule has 2 heterocycles. The maximum Gasteiger partial charge on any atom is 0.318 e. The van der Waals surface area contributed by atoms with Crippen LogP contribution in [0.1, 0.15) is 53.5 Å². The summed E-state index contributed by atoms with van der Waals surface area (Å²) in [7, 11) is 0. The Morgan fingerprint density at radius 1 is 1.03 bits per heavy atom. The zero-order valence-corrected chi connectivity index (χ0v) is 17.5. The maximum atomic E-state index is 12.9. The van der Waals surface area contributed by atoms with Crippen LogP contribution in [0.5, 0.6) is 0 Å². The predicted octanol–water partition coefficient (Wildman–Crippen LogP) is 4.82. The van der Waals surface area contributed by atoms with Gasteiger partial charge < -0.3 is 14.6 Å². The number of benzene rings is 2. The molecule has 0 saturated carbocycles. The van der Waals surface area contributed by atoms with Crippen LogP contribution in [0.3, 0.4) is 0 Å². The van der Waals surface area contributed by atoms with Gasteiger partial charge in [-0.05, 0) is 36.6 Å². The molecule has 1 aliphatic heterocycles. The van der Waals surface area contributed by atoms with E-state index in [1.165, 1.54) is 12.8 Å². The average Bonchev–Trinajstić information content (AvgIpc) is 3.09. The summed E-state index contributed by atoms with van der Waals surface area (Å²) in [5, 5.41) is 12.1. The first-order chi connectivity index (χ1) is 14.7. The van der Waals surface area contributed by atoms with E-state index in [1.807, 2.05) is 30.3 Å². The van der Waals surface area contributed by atoms with Gasteiger partial charge >= 0.3 is 6.01 Å². The molecule has 3 aromatic rings. The molecule has 1 N–H and O–H groups in total. The highest BCUT2D eigenvalue weighted by Crippen LogP contribution is 2.24. The molecule has 156 valence electrons. The molecule has 0 aliphatic carbocycles. The molecular weight excluding hydrogens is 400 g/mol. The summed E-state index contributed by atoms with van der Waals surface area (Å²) < 4.78 is 6.04. The summed E-state index contributed by atoms with van der Waals surface area (Å²) in [6.07, 6.45) is 5.25. The number of nitrogens with one attached hydrogen (secondary N) is 1. The van der Waals surface area contributed by atoms with Gasteiger partial charge in [0.05, 0.1) is 0 Å². The standard InChI is InChI=1S/C23H25ClN4O2/c24-19-12-8-11-18(16-19)21(29)25-20(15-17-9-4-3-5-10-17)22-26-27-23(30-22)28-13-6-1-2-7-14-28/h3-5,8-12,16,20H,1-2,6-7,13-15H2,(H,25,29). The van der Waals surface area contributed by atoms with Crippen molar-refractivity contribution in [3.63, 3.8) is 0 Å². The quantitative estimate of drug-likeness (QED) is 0.614. The Labute approximate surface area is 181 Å². The molecule has 7 heteroatoms. The van der Waals surface area contributed by atoms with Crippen LogP contribution in [-0.4, -0.2) is 29.2 Å². The van der Waals surface area contributed by atoms with E-state index in [-0.39, 0.29) is 5.91 Å². The Hall–Kier alpha value is -2.86. The molecule has 2 aromatic carbocycles. The fourth-order valence-corrected chi connectivity index (χ4v) is 3.87. The van der Waals surface area contributed by atoms with Crippen LogP contribution in [0, 0.1) is 0 Å². The highest BCUT2D eigenvalue weighted by atomic mass is 35.5. The largest absolute Gasteiger partial charge is 0.406 e. The molecule has 0 bridgehead atoms. The Bertz CT molecular complexity index is 968. The third kappa shape index (κ3) is 5.19. The third-order valence-electron chi connectivity index (χ3n) is 5.28. The molecule has 0 spiro atoms. The molecule has 1 amide bonds. The van der Waals surface area contributed by atoms with Gasteiger partial charge in [0.25, 0.3) is 5.91 Å². The number of halogens is 1. The van der Waals surface area contributed by atoms with E-state index in [2.05, 4.69) is 20.4 Å². The normalized spacial score (nSPS) is 15.4. The number of nitrogens with zero attached hydrogens (tertiary/aromatic N) is 3. The van der Waals surface area contributed by atoms with Crippen LogP contribution in [0.25, 0.3) is 0 Å². The fraction of sp³-hybridized carbons (Fsp3) is 0.348. The van der Waals surface area contributed by atoms with E-state index in [1.54, 1.807) is 24.3 Å². The lowest BCUT2D eigenvalue weighted by Crippen LogP contribution is -2.30. The molecule has 1 atom stereocenters. The van der Waals surface area contributed by atoms with Gasteiger partial charge in [-0.25, -0.2) is 0 Å². The predicted molar refractivity (Wildman–Crippen MR) is 117 cm³/mol. The number of rotatable bonds is 6. The van der Waals surface area contributed by atoms with Gasteiger partial charge in [0, 0.05) is 30.1 Å². The first kappa shape index (κ1) is 20.4. The number of hydrogen-bond donors (Lipinski definition) is 1. The van der Waals surface area contributed by atoms with Crippen LogP contribution < -0.4 is 10.2 Å². The zero-order chi connectivity index (χ0) is 20.8. The van der Waals surface area contributed by atoms with Crippen molar-refractivity contribution in [2.75, 3.05) is 18.0 Å². The highest BCUT2D eigenvalue weighted by molar-refractivity contribution is 6.30. The first-order valence-corrected chi connectivity index (χ1v) is 10.8. The number of hydrogen-bond acceptors (Lipinski definition) is 5. The summed E-state index contributed by atoms with van der Waals surface area (Å²) in [5.74, 6) is 0.182. The van der Waals surface area contributed by atoms with Crippen molar-refractivity contribution in [2.24, 2.45) is 0 Å². The van der Waals surface area contributed by atoms with Crippen molar-refractivity contribution in [1.82, 2.24) is 15.5 Å². The molecule has 1 fully saturated rings. The summed E-state index contributed by atoms with van der Waals surface area (Å²) in [6.45, 7) is 1.83. The minimum atomic E-state index is -0.438. The van der Waals surface area contributed by atoms with E-state index in [0.29, 0.717) is 28.9 Å².